The molecule has 2 amide bonds. The number of methoxy groups -OCH3 is 2. The molecule has 9 rings (SSSR count). The molecule has 58 heavy (non-hydrogen) atoms. The summed E-state index contributed by atoms with van der Waals surface area (Å²) in [6.45, 7) is -0.337. The highest BCUT2D eigenvalue weighted by Gasteiger charge is 2.76. The molecule has 0 bridgehead atoms. The lowest BCUT2D eigenvalue weighted by Crippen LogP contribution is -2.61. The van der Waals surface area contributed by atoms with E-state index in [-0.39, 0.29) is 49.5 Å². The standard InChI is InChI=1S/C40H33Cl2FN6O9/c1-45-28-17-32(57-3)31(56-2)16-27(28)44-26(34(45)51)11-12-46-37(54)47-13-10-25-29(49(47)38(46)55)18-39(41)35(52)48(23-6-4-22(43)5-7-23)36(53)40(39,42)33(25)21-14-20-15-24(50)8-9-30(20)58-19-21/h4-10,15-17,19,29,33,50H,11-14,18H2,1-3H3/t29-,33+,39-,40+/m1/s1. The Balaban J connectivity index is 1.14. The van der Waals surface area contributed by atoms with Crippen molar-refractivity contribution in [1.29, 1.82) is 0 Å². The topological polar surface area (TPSA) is 169 Å². The zero-order valence-corrected chi connectivity index (χ0v) is 32.6. The first kappa shape index (κ1) is 37.4. The second-order valence-electron chi connectivity index (χ2n) is 14.6. The fourth-order valence-corrected chi connectivity index (χ4v) is 9.73. The summed E-state index contributed by atoms with van der Waals surface area (Å²) in [4.78, 5) is 72.2. The summed E-state index contributed by atoms with van der Waals surface area (Å²) in [6, 6.07) is 11.5. The molecule has 2 aromatic heterocycles. The Morgan fingerprint density at radius 3 is 2.41 bits per heavy atom. The van der Waals surface area contributed by atoms with Crippen molar-refractivity contribution in [2.24, 2.45) is 13.0 Å². The van der Waals surface area contributed by atoms with Gasteiger partial charge >= 0.3 is 11.4 Å². The van der Waals surface area contributed by atoms with E-state index >= 15 is 0 Å². The molecule has 1 N–H and O–H groups in total. The highest BCUT2D eigenvalue weighted by molar-refractivity contribution is 6.58. The zero-order valence-electron chi connectivity index (χ0n) is 31.1. The number of hydrogen-bond donors (Lipinski definition) is 1. The van der Waals surface area contributed by atoms with Crippen LogP contribution in [-0.4, -0.2) is 64.4 Å². The van der Waals surface area contributed by atoms with Crippen LogP contribution >= 0.6 is 23.2 Å². The number of phenols is 1. The Morgan fingerprint density at radius 1 is 0.966 bits per heavy atom. The minimum atomic E-state index is -2.20. The summed E-state index contributed by atoms with van der Waals surface area (Å²) in [5, 5.41) is 10.3. The number of fused-ring (bicyclic) bond motifs is 6. The lowest BCUT2D eigenvalue weighted by Gasteiger charge is -2.49. The number of hydrogen-bond acceptors (Lipinski definition) is 10. The van der Waals surface area contributed by atoms with Crippen LogP contribution in [0.5, 0.6) is 23.0 Å². The van der Waals surface area contributed by atoms with E-state index in [0.29, 0.717) is 45.0 Å². The first-order chi connectivity index (χ1) is 27.7. The summed E-state index contributed by atoms with van der Waals surface area (Å²) in [6.07, 6.45) is 2.76. The number of carbonyl (C=O) groups is 2. The third-order valence-electron chi connectivity index (χ3n) is 11.6. The third kappa shape index (κ3) is 5.16. The number of imide groups is 1. The molecule has 0 radical (unpaired) electrons. The predicted molar refractivity (Wildman–Crippen MR) is 209 cm³/mol. The number of allylic oxidation sites excluding steroid dienone is 3. The van der Waals surface area contributed by atoms with Gasteiger partial charge in [-0.15, -0.1) is 23.2 Å². The smallest absolute Gasteiger partial charge is 0.347 e. The van der Waals surface area contributed by atoms with E-state index in [9.17, 15) is 33.5 Å². The highest BCUT2D eigenvalue weighted by atomic mass is 35.5. The summed E-state index contributed by atoms with van der Waals surface area (Å²) in [5.74, 6) is -2.28. The molecule has 5 heterocycles. The summed E-state index contributed by atoms with van der Waals surface area (Å²) < 4.78 is 35.6. The zero-order chi connectivity index (χ0) is 41.0. The maximum Gasteiger partial charge on any atom is 0.347 e. The summed E-state index contributed by atoms with van der Waals surface area (Å²) in [7, 11) is 4.52. The number of aromatic nitrogens is 5. The molecule has 1 aliphatic carbocycles. The van der Waals surface area contributed by atoms with Gasteiger partial charge in [-0.1, -0.05) is 6.08 Å². The van der Waals surface area contributed by atoms with Gasteiger partial charge in [-0.3, -0.25) is 14.4 Å². The summed E-state index contributed by atoms with van der Waals surface area (Å²) in [5.41, 5.74) is 0.609. The van der Waals surface area contributed by atoms with Gasteiger partial charge < -0.3 is 23.9 Å². The highest BCUT2D eigenvalue weighted by Crippen LogP contribution is 2.63. The van der Waals surface area contributed by atoms with Crippen molar-refractivity contribution in [2.45, 2.75) is 48.1 Å². The Morgan fingerprint density at radius 2 is 1.69 bits per heavy atom. The molecule has 1 saturated heterocycles. The quantitative estimate of drug-likeness (QED) is 0.145. The molecule has 5 aromatic rings. The van der Waals surface area contributed by atoms with Gasteiger partial charge in [-0.25, -0.2) is 37.8 Å². The van der Waals surface area contributed by atoms with E-state index in [4.69, 9.17) is 37.4 Å². The van der Waals surface area contributed by atoms with Crippen molar-refractivity contribution in [1.82, 2.24) is 23.5 Å². The summed E-state index contributed by atoms with van der Waals surface area (Å²) >= 11 is 14.9. The van der Waals surface area contributed by atoms with E-state index < -0.39 is 56.3 Å². The molecular formula is C40H33Cl2FN6O9. The van der Waals surface area contributed by atoms with Crippen molar-refractivity contribution in [2.75, 3.05) is 19.1 Å². The SMILES string of the molecule is COc1cc2nc(CCn3c(=O)n4n(c3=O)[C@@H]3C[C@@]5(Cl)C(=O)N(c6ccc(F)cc6)C(=O)[C@@]5(Cl)[C@@H](C5=COc6ccc(O)cc6C5)C3=CC4)c(=O)n(C)c2cc1OC. The Labute approximate surface area is 337 Å². The van der Waals surface area contributed by atoms with E-state index in [1.165, 1.54) is 58.7 Å². The number of ether oxygens (including phenoxy) is 3. The van der Waals surface area contributed by atoms with E-state index in [0.717, 1.165) is 21.6 Å². The van der Waals surface area contributed by atoms with Crippen LogP contribution in [0.4, 0.5) is 10.1 Å². The Hall–Kier alpha value is -6.13. The number of aromatic hydroxyl groups is 1. The number of alkyl halides is 2. The lowest BCUT2D eigenvalue weighted by atomic mass is 9.63. The van der Waals surface area contributed by atoms with Crippen molar-refractivity contribution < 1.29 is 33.3 Å². The monoisotopic (exact) mass is 830 g/mol. The maximum atomic E-state index is 14.7. The van der Waals surface area contributed by atoms with Gasteiger partial charge in [0.05, 0.1) is 49.8 Å². The van der Waals surface area contributed by atoms with Gasteiger partial charge in [0.25, 0.3) is 17.4 Å². The number of rotatable bonds is 7. The van der Waals surface area contributed by atoms with Gasteiger partial charge in [0.15, 0.2) is 21.2 Å². The molecular weight excluding hydrogens is 798 g/mol. The van der Waals surface area contributed by atoms with Crippen LogP contribution in [0.15, 0.2) is 92.5 Å². The molecule has 298 valence electrons. The molecule has 3 aromatic carbocycles. The third-order valence-corrected chi connectivity index (χ3v) is 13.0. The number of phenolic OH excluding ortho intramolecular Hbond substituents is 1. The van der Waals surface area contributed by atoms with Crippen LogP contribution < -0.4 is 36.0 Å². The molecule has 1 saturated carbocycles. The number of amides is 2. The van der Waals surface area contributed by atoms with Crippen LogP contribution in [0, 0.1) is 11.7 Å². The van der Waals surface area contributed by atoms with Crippen molar-refractivity contribution in [3.8, 4) is 23.0 Å². The molecule has 4 aliphatic rings. The second kappa shape index (κ2) is 13.2. The molecule has 0 unspecified atom stereocenters. The van der Waals surface area contributed by atoms with Crippen molar-refractivity contribution in [3.63, 3.8) is 0 Å². The maximum absolute atomic E-state index is 14.7. The van der Waals surface area contributed by atoms with Gasteiger partial charge in [0.2, 0.25) is 0 Å². The number of carbonyl (C=O) groups excluding carboxylic acids is 2. The van der Waals surface area contributed by atoms with Gasteiger partial charge in [0, 0.05) is 56.5 Å². The Bertz CT molecular complexity index is 2880. The normalized spacial score (nSPS) is 23.4. The van der Waals surface area contributed by atoms with E-state index in [1.807, 2.05) is 0 Å². The first-order valence-electron chi connectivity index (χ1n) is 18.2. The Kier molecular flexibility index (Phi) is 8.53. The fourth-order valence-electron chi connectivity index (χ4n) is 8.80. The average molecular weight is 832 g/mol. The number of anilines is 1. The van der Waals surface area contributed by atoms with Crippen LogP contribution in [0.2, 0.25) is 0 Å². The molecule has 18 heteroatoms. The number of aryl methyl sites for hydroxylation is 2. The van der Waals surface area contributed by atoms with Crippen LogP contribution in [0.3, 0.4) is 0 Å². The molecule has 4 atom stereocenters. The predicted octanol–water partition coefficient (Wildman–Crippen LogP) is 3.71. The van der Waals surface area contributed by atoms with Crippen molar-refractivity contribution >= 4 is 51.7 Å². The minimum absolute atomic E-state index is 0.0301. The van der Waals surface area contributed by atoms with Crippen LogP contribution in [0.1, 0.15) is 23.7 Å². The fraction of sp³-hybridized carbons (Fsp3) is 0.300. The lowest BCUT2D eigenvalue weighted by molar-refractivity contribution is -0.122. The minimum Gasteiger partial charge on any atom is -0.508 e. The molecule has 2 fully saturated rings. The van der Waals surface area contributed by atoms with E-state index in [1.54, 1.807) is 31.3 Å². The van der Waals surface area contributed by atoms with Gasteiger partial charge in [0.1, 0.15) is 23.0 Å². The molecule has 0 spiro atoms. The number of halogens is 3. The van der Waals surface area contributed by atoms with Crippen LogP contribution in [-0.2, 0) is 42.6 Å². The number of benzene rings is 3. The average Bonchev–Trinajstić information content (AvgIpc) is 3.54. The van der Waals surface area contributed by atoms with Gasteiger partial charge in [-0.05, 0) is 53.6 Å². The van der Waals surface area contributed by atoms with Gasteiger partial charge in [-0.2, -0.15) is 0 Å². The largest absolute Gasteiger partial charge is 0.508 e. The van der Waals surface area contributed by atoms with Crippen LogP contribution in [0.25, 0.3) is 11.0 Å². The molecule has 15 nitrogen and oxygen atoms in total. The number of nitrogens with zero attached hydrogens (tertiary/aromatic N) is 6. The van der Waals surface area contributed by atoms with E-state index in [2.05, 4.69) is 4.98 Å². The van der Waals surface area contributed by atoms with Crippen molar-refractivity contribution in [3.05, 3.63) is 126 Å². The first-order valence-corrected chi connectivity index (χ1v) is 18.9. The second-order valence-corrected chi connectivity index (χ2v) is 15.8. The molecule has 3 aliphatic heterocycles.